The van der Waals surface area contributed by atoms with E-state index in [-0.39, 0.29) is 44.6 Å². The summed E-state index contributed by atoms with van der Waals surface area (Å²) in [6.45, 7) is 4.78. The van der Waals surface area contributed by atoms with E-state index >= 15 is 0 Å². The molecule has 3 heterocycles. The van der Waals surface area contributed by atoms with Crippen LogP contribution in [-0.2, 0) is 72.6 Å². The van der Waals surface area contributed by atoms with E-state index in [0.29, 0.717) is 48.9 Å². The van der Waals surface area contributed by atoms with Gasteiger partial charge in [0.25, 0.3) is 0 Å². The van der Waals surface area contributed by atoms with Gasteiger partial charge in [-0.25, -0.2) is 30.8 Å². The second kappa shape index (κ2) is 30.5. The van der Waals surface area contributed by atoms with Crippen LogP contribution in [0.5, 0.6) is 17.2 Å². The summed E-state index contributed by atoms with van der Waals surface area (Å²) in [7, 11) is 1.77. The number of nitrogens with zero attached hydrogens (tertiary/aromatic N) is 3. The Kier molecular flexibility index (Phi) is 21.4. The quantitative estimate of drug-likeness (QED) is 0.0154. The number of aryl methyl sites for hydroxylation is 1. The first-order valence-electron chi connectivity index (χ1n) is 32.2. The van der Waals surface area contributed by atoms with E-state index in [2.05, 4.69) is 31.2 Å². The number of carbonyl (C=O) groups is 6. The number of hydrogen-bond acceptors (Lipinski definition) is 17. The molecule has 13 rings (SSSR count). The number of nitrogens with one attached hydrogen (secondary N) is 4. The number of para-hydroxylation sites is 3. The molecule has 3 fully saturated rings. The molecule has 22 nitrogen and oxygen atoms in total. The lowest BCUT2D eigenvalue weighted by Crippen LogP contribution is -2.33. The van der Waals surface area contributed by atoms with Crippen molar-refractivity contribution in [2.45, 2.75) is 72.2 Å². The van der Waals surface area contributed by atoms with Gasteiger partial charge in [-0.05, 0) is 158 Å². The number of anilines is 1. The van der Waals surface area contributed by atoms with Gasteiger partial charge in [0.1, 0.15) is 37.1 Å². The number of esters is 1. The van der Waals surface area contributed by atoms with E-state index in [1.54, 1.807) is 48.6 Å². The molecular formula is C76H72BrFN8O14. The largest absolute Gasteiger partial charge is 0.489 e. The SMILES string of the molecule is CCOC(=O)[C@@]1(Cc2ccc(OCc3cc(C)nc4ccccc34)c(Br)c2)C[C@@H]1C(=O)NO.CNc1cc(COc2ccc(C[C@]3(C(N)=O)C[C@@H]3C(=O)NO)cc2F)c2ccccc2n1.O=C(NO)[C@H]1C[C@]1(Cc1ccc(OCc2cc(-c3ccccc3)nc3ccccc23)cc1)C(=O)O. The number of aromatic nitrogens is 3. The minimum atomic E-state index is -1.18. The number of hydrogen-bond donors (Lipinski definition) is 9. The van der Waals surface area contributed by atoms with Gasteiger partial charge in [0.05, 0.1) is 67.3 Å². The summed E-state index contributed by atoms with van der Waals surface area (Å²) in [6.07, 6.45) is 1.37. The van der Waals surface area contributed by atoms with Gasteiger partial charge in [-0.2, -0.15) is 0 Å². The molecule has 6 atom stereocenters. The average Bonchev–Trinajstić information content (AvgIpc) is 1.58. The van der Waals surface area contributed by atoms with E-state index in [9.17, 15) is 38.3 Å². The number of amides is 4. The van der Waals surface area contributed by atoms with Crippen molar-refractivity contribution in [1.82, 2.24) is 31.4 Å². The first-order chi connectivity index (χ1) is 48.2. The Labute approximate surface area is 582 Å². The number of ether oxygens (including phenoxy) is 4. The van der Waals surface area contributed by atoms with Crippen molar-refractivity contribution in [2.75, 3.05) is 19.0 Å². The van der Waals surface area contributed by atoms with Gasteiger partial charge >= 0.3 is 11.9 Å². The van der Waals surface area contributed by atoms with Crippen molar-refractivity contribution in [3.8, 4) is 28.5 Å². The Bertz CT molecular complexity index is 4740. The zero-order valence-corrected chi connectivity index (χ0v) is 56.3. The molecule has 514 valence electrons. The minimum absolute atomic E-state index is 0.0641. The lowest BCUT2D eigenvalue weighted by atomic mass is 9.92. The van der Waals surface area contributed by atoms with Crippen LogP contribution in [0.25, 0.3) is 44.0 Å². The van der Waals surface area contributed by atoms with Gasteiger partial charge in [0.15, 0.2) is 11.6 Å². The molecule has 10 N–H and O–H groups in total. The maximum atomic E-state index is 14.7. The molecule has 10 aromatic rings. The molecule has 0 aliphatic heterocycles. The average molecular weight is 1420 g/mol. The van der Waals surface area contributed by atoms with Crippen LogP contribution in [0, 0.1) is 46.7 Å². The van der Waals surface area contributed by atoms with Crippen molar-refractivity contribution in [2.24, 2.45) is 39.7 Å². The zero-order valence-electron chi connectivity index (χ0n) is 54.7. The van der Waals surface area contributed by atoms with Gasteiger partial charge in [0.2, 0.25) is 23.6 Å². The first-order valence-corrected chi connectivity index (χ1v) is 33.0. The topological polar surface area (TPSA) is 333 Å². The highest BCUT2D eigenvalue weighted by molar-refractivity contribution is 9.10. The Balaban J connectivity index is 0.000000151. The van der Waals surface area contributed by atoms with Crippen LogP contribution >= 0.6 is 15.9 Å². The highest BCUT2D eigenvalue weighted by atomic mass is 79.9. The number of aliphatic carboxylic acids is 1. The van der Waals surface area contributed by atoms with E-state index in [1.165, 1.54) is 12.1 Å². The number of halogens is 2. The standard InChI is InChI=1S/C28H24N2O5.C25H25BrN2O5.C23H23FN4O4/c31-26(30-34)23-16-28(23,27(32)33)15-18-10-12-21(13-11-18)35-17-20-14-25(19-6-2-1-3-7-19)29-24-9-5-4-8-22(20)24;1-3-32-24(30)25(13-19(25)23(29)28-31)12-16-8-9-22(20(26)11-16)33-14-17-10-15(2)27-21-7-5-4-6-18(17)21;1-26-20-9-14(15-4-2-3-5-18(15)27-20)12-32-19-7-6-13(8-17(19)24)10-23(22(25)30)11-16(23)21(29)28-31/h1-14,23,34H,15-17H2,(H,30,31)(H,32,33);4-11,19,31H,3,12-14H2,1-2H3,(H,28,29);2-9,16,31H,10-12H2,1H3,(H2,25,30)(H,26,27)(H,28,29)/t23-,28+;19-,25+;16-,23+/m111/s1. The molecule has 0 unspecified atom stereocenters. The van der Waals surface area contributed by atoms with Gasteiger partial charge in [-0.3, -0.25) is 49.4 Å². The zero-order chi connectivity index (χ0) is 70.9. The molecule has 100 heavy (non-hydrogen) atoms. The molecule has 0 spiro atoms. The minimum Gasteiger partial charge on any atom is -0.489 e. The summed E-state index contributed by atoms with van der Waals surface area (Å²) in [5.41, 5.74) is 17.5. The molecule has 0 bridgehead atoms. The van der Waals surface area contributed by atoms with Crippen molar-refractivity contribution >= 4 is 90.0 Å². The summed E-state index contributed by atoms with van der Waals surface area (Å²) in [4.78, 5) is 85.5. The van der Waals surface area contributed by atoms with E-state index in [4.69, 9.17) is 45.3 Å². The molecule has 3 aromatic heterocycles. The van der Waals surface area contributed by atoms with Gasteiger partial charge in [-0.15, -0.1) is 0 Å². The molecule has 24 heteroatoms. The normalized spacial score (nSPS) is 19.1. The van der Waals surface area contributed by atoms with Crippen molar-refractivity contribution < 1.29 is 72.8 Å². The van der Waals surface area contributed by atoms with Crippen molar-refractivity contribution in [1.29, 1.82) is 0 Å². The number of carboxylic acid groups (broad SMARTS) is 1. The third-order valence-corrected chi connectivity index (χ3v) is 19.2. The van der Waals surface area contributed by atoms with E-state index in [1.807, 2.05) is 159 Å². The Hall–Kier alpha value is -10.9. The fourth-order valence-corrected chi connectivity index (χ4v) is 13.5. The third kappa shape index (κ3) is 15.5. The fourth-order valence-electron chi connectivity index (χ4n) is 13.0. The number of benzene rings is 7. The van der Waals surface area contributed by atoms with Crippen molar-refractivity contribution in [3.63, 3.8) is 0 Å². The lowest BCUT2D eigenvalue weighted by Gasteiger charge is -2.17. The number of nitrogens with two attached hydrogens (primary N) is 1. The van der Waals surface area contributed by atoms with Crippen LogP contribution in [0.3, 0.4) is 0 Å². The summed E-state index contributed by atoms with van der Waals surface area (Å²) in [5.74, 6) is -4.61. The highest BCUT2D eigenvalue weighted by Crippen LogP contribution is 2.57. The Morgan fingerprint density at radius 3 is 1.59 bits per heavy atom. The number of hydroxylamine groups is 3. The predicted octanol–water partition coefficient (Wildman–Crippen LogP) is 11.7. The fraction of sp³-hybridized carbons (Fsp3) is 0.250. The second-order valence-electron chi connectivity index (χ2n) is 25.0. The Morgan fingerprint density at radius 2 is 1.02 bits per heavy atom. The smallest absolute Gasteiger partial charge is 0.313 e. The number of rotatable bonds is 24. The van der Waals surface area contributed by atoms with Gasteiger partial charge in [0, 0.05) is 51.2 Å². The molecular weight excluding hydrogens is 1350 g/mol. The van der Waals surface area contributed by atoms with Crippen LogP contribution in [0.15, 0.2) is 186 Å². The van der Waals surface area contributed by atoms with Crippen LogP contribution in [0.4, 0.5) is 10.2 Å². The third-order valence-electron chi connectivity index (χ3n) is 18.6. The van der Waals surface area contributed by atoms with Crippen LogP contribution < -0.4 is 41.7 Å². The monoisotopic (exact) mass is 1420 g/mol. The maximum Gasteiger partial charge on any atom is 0.313 e. The first kappa shape index (κ1) is 70.4. The number of carboxylic acids is 1. The van der Waals surface area contributed by atoms with E-state index in [0.717, 1.165) is 82.0 Å². The summed E-state index contributed by atoms with van der Waals surface area (Å²) in [5, 5.41) is 42.3. The molecule has 0 radical (unpaired) electrons. The van der Waals surface area contributed by atoms with Crippen LogP contribution in [0.2, 0.25) is 0 Å². The number of pyridine rings is 3. The Morgan fingerprint density at radius 1 is 0.550 bits per heavy atom. The molecule has 3 aliphatic carbocycles. The summed E-state index contributed by atoms with van der Waals surface area (Å²) < 4.78 is 38.6. The van der Waals surface area contributed by atoms with Crippen molar-refractivity contribution in [3.05, 3.63) is 231 Å². The molecule has 3 saturated carbocycles. The summed E-state index contributed by atoms with van der Waals surface area (Å²) >= 11 is 3.57. The maximum absolute atomic E-state index is 14.7. The van der Waals surface area contributed by atoms with Crippen LogP contribution in [0.1, 0.15) is 65.3 Å². The second-order valence-corrected chi connectivity index (χ2v) is 25.9. The highest BCUT2D eigenvalue weighted by Gasteiger charge is 2.65. The number of primary amides is 1. The predicted molar refractivity (Wildman–Crippen MR) is 371 cm³/mol. The molecule has 7 aromatic carbocycles. The van der Waals surface area contributed by atoms with Crippen LogP contribution in [-0.4, -0.2) is 84.9 Å². The lowest BCUT2D eigenvalue weighted by molar-refractivity contribution is -0.152. The summed E-state index contributed by atoms with van der Waals surface area (Å²) in [6, 6.07) is 56.7. The molecule has 4 amide bonds. The molecule has 0 saturated heterocycles. The van der Waals surface area contributed by atoms with Gasteiger partial charge < -0.3 is 35.1 Å². The van der Waals surface area contributed by atoms with Gasteiger partial charge in [-0.1, -0.05) is 109 Å². The molecule has 3 aliphatic rings. The number of fused-ring (bicyclic) bond motifs is 3. The number of carbonyl (C=O) groups excluding carboxylic acids is 5. The van der Waals surface area contributed by atoms with E-state index < -0.39 is 75.4 Å².